The van der Waals surface area contributed by atoms with E-state index in [9.17, 15) is 4.39 Å². The van der Waals surface area contributed by atoms with Gasteiger partial charge in [0.1, 0.15) is 23.9 Å². The van der Waals surface area contributed by atoms with Crippen molar-refractivity contribution >= 4 is 34.1 Å². The van der Waals surface area contributed by atoms with Crippen LogP contribution in [0.5, 0.6) is 5.75 Å². The molecule has 0 unspecified atom stereocenters. The second kappa shape index (κ2) is 8.98. The third-order valence-electron chi connectivity index (χ3n) is 4.22. The number of ether oxygens (including phenoxy) is 2. The van der Waals surface area contributed by atoms with Crippen LogP contribution in [0.15, 0.2) is 54.7 Å². The van der Waals surface area contributed by atoms with E-state index in [-0.39, 0.29) is 6.61 Å². The number of nitrogens with zero attached hydrogens (tertiary/aromatic N) is 4. The first kappa shape index (κ1) is 19.9. The van der Waals surface area contributed by atoms with Gasteiger partial charge in [0.25, 0.3) is 0 Å². The maximum Gasteiger partial charge on any atom is 0.228 e. The number of aromatic nitrogens is 4. The third kappa shape index (κ3) is 4.29. The van der Waals surface area contributed by atoms with E-state index in [4.69, 9.17) is 21.1 Å². The minimum atomic E-state index is -0.877. The molecule has 0 saturated heterocycles. The van der Waals surface area contributed by atoms with Crippen LogP contribution in [-0.2, 0) is 11.3 Å². The van der Waals surface area contributed by atoms with E-state index in [0.717, 1.165) is 11.1 Å². The quantitative estimate of drug-likeness (QED) is 0.449. The molecular weight excluding hydrogens is 409 g/mol. The second-order valence-corrected chi connectivity index (χ2v) is 6.63. The van der Waals surface area contributed by atoms with Crippen molar-refractivity contribution in [3.8, 4) is 17.1 Å². The van der Waals surface area contributed by atoms with E-state index in [2.05, 4.69) is 25.3 Å². The van der Waals surface area contributed by atoms with Gasteiger partial charge in [0.2, 0.25) is 6.86 Å². The molecule has 0 radical (unpaired) electrons. The van der Waals surface area contributed by atoms with Crippen LogP contribution in [0.4, 0.5) is 15.9 Å². The third-order valence-corrected chi connectivity index (χ3v) is 4.52. The molecular formula is C21H17ClFN5O2. The minimum absolute atomic E-state index is 0.226. The van der Waals surface area contributed by atoms with E-state index >= 15 is 0 Å². The maximum atomic E-state index is 12.3. The van der Waals surface area contributed by atoms with Gasteiger partial charge in [-0.05, 0) is 48.5 Å². The number of halogens is 2. The van der Waals surface area contributed by atoms with Gasteiger partial charge in [-0.1, -0.05) is 11.6 Å². The fraction of sp³-hybridized carbons (Fsp3) is 0.143. The van der Waals surface area contributed by atoms with Crippen molar-refractivity contribution in [2.24, 2.45) is 0 Å². The Morgan fingerprint density at radius 1 is 1.03 bits per heavy atom. The van der Waals surface area contributed by atoms with E-state index in [1.807, 2.05) is 12.1 Å². The number of fused-ring (bicyclic) bond motifs is 1. The number of hydrogen-bond acceptors (Lipinski definition) is 7. The topological polar surface area (TPSA) is 82.0 Å². The standard InChI is InChI=1S/C21H17ClFN5O2/c1-29-11-18-27-20(25-13-4-6-14(7-5-13)30-12-23)15-8-9-17(26-21(15)28-18)19-16(22)3-2-10-24-19/h2-10H,11-12H2,1H3,(H,25,26,27,28). The molecule has 0 amide bonds. The molecule has 9 heteroatoms. The summed E-state index contributed by atoms with van der Waals surface area (Å²) >= 11 is 6.26. The predicted octanol–water partition coefficient (Wildman–Crippen LogP) is 4.94. The van der Waals surface area contributed by atoms with Gasteiger partial charge in [0.05, 0.1) is 16.1 Å². The zero-order chi connectivity index (χ0) is 20.9. The molecule has 152 valence electrons. The Morgan fingerprint density at radius 2 is 1.87 bits per heavy atom. The summed E-state index contributed by atoms with van der Waals surface area (Å²) in [4.78, 5) is 18.0. The fourth-order valence-corrected chi connectivity index (χ4v) is 3.10. The lowest BCUT2D eigenvalue weighted by molar-refractivity contribution is 0.178. The summed E-state index contributed by atoms with van der Waals surface area (Å²) in [6, 6.07) is 14.1. The molecule has 4 aromatic rings. The molecule has 0 aliphatic rings. The van der Waals surface area contributed by atoms with Crippen LogP contribution in [0.1, 0.15) is 5.82 Å². The van der Waals surface area contributed by atoms with E-state index < -0.39 is 6.86 Å². The van der Waals surface area contributed by atoms with Gasteiger partial charge in [-0.25, -0.2) is 19.3 Å². The van der Waals surface area contributed by atoms with Gasteiger partial charge >= 0.3 is 0 Å². The van der Waals surface area contributed by atoms with Crippen molar-refractivity contribution in [1.82, 2.24) is 19.9 Å². The summed E-state index contributed by atoms with van der Waals surface area (Å²) in [5.41, 5.74) is 2.41. The summed E-state index contributed by atoms with van der Waals surface area (Å²) < 4.78 is 22.3. The lowest BCUT2D eigenvalue weighted by atomic mass is 10.2. The summed E-state index contributed by atoms with van der Waals surface area (Å²) in [5.74, 6) is 1.48. The molecule has 3 aromatic heterocycles. The second-order valence-electron chi connectivity index (χ2n) is 6.23. The highest BCUT2D eigenvalue weighted by Crippen LogP contribution is 2.29. The number of methoxy groups -OCH3 is 1. The predicted molar refractivity (Wildman–Crippen MR) is 113 cm³/mol. The van der Waals surface area contributed by atoms with E-state index in [1.54, 1.807) is 49.7 Å². The van der Waals surface area contributed by atoms with Gasteiger partial charge in [-0.2, -0.15) is 0 Å². The van der Waals surface area contributed by atoms with E-state index in [1.165, 1.54) is 0 Å². The Labute approximate surface area is 176 Å². The first-order valence-electron chi connectivity index (χ1n) is 9.01. The number of benzene rings is 1. The SMILES string of the molecule is COCc1nc(Nc2ccc(OCF)cc2)c2ccc(-c3ncccc3Cl)nc2n1. The molecule has 1 N–H and O–H groups in total. The Morgan fingerprint density at radius 3 is 2.60 bits per heavy atom. The van der Waals surface area contributed by atoms with Crippen LogP contribution < -0.4 is 10.1 Å². The normalized spacial score (nSPS) is 10.9. The smallest absolute Gasteiger partial charge is 0.228 e. The van der Waals surface area contributed by atoms with Gasteiger partial charge in [0.15, 0.2) is 11.5 Å². The highest BCUT2D eigenvalue weighted by atomic mass is 35.5. The van der Waals surface area contributed by atoms with Gasteiger partial charge < -0.3 is 14.8 Å². The van der Waals surface area contributed by atoms with Crippen LogP contribution in [0, 0.1) is 0 Å². The Hall–Kier alpha value is -3.36. The van der Waals surface area contributed by atoms with Crippen molar-refractivity contribution < 1.29 is 13.9 Å². The van der Waals surface area contributed by atoms with Crippen LogP contribution in [0.25, 0.3) is 22.4 Å². The molecule has 0 saturated carbocycles. The van der Waals surface area contributed by atoms with Crippen molar-refractivity contribution in [3.63, 3.8) is 0 Å². The number of rotatable bonds is 7. The number of nitrogens with one attached hydrogen (secondary N) is 1. The van der Waals surface area contributed by atoms with Crippen molar-refractivity contribution in [3.05, 3.63) is 65.6 Å². The fourth-order valence-electron chi connectivity index (χ4n) is 2.88. The number of anilines is 2. The van der Waals surface area contributed by atoms with E-state index in [0.29, 0.717) is 39.4 Å². The first-order chi connectivity index (χ1) is 14.7. The van der Waals surface area contributed by atoms with Crippen molar-refractivity contribution in [2.75, 3.05) is 19.3 Å². The van der Waals surface area contributed by atoms with Gasteiger partial charge in [0, 0.05) is 19.0 Å². The van der Waals surface area contributed by atoms with Crippen LogP contribution in [-0.4, -0.2) is 33.9 Å². The lowest BCUT2D eigenvalue weighted by Crippen LogP contribution is -2.04. The molecule has 0 spiro atoms. The largest absolute Gasteiger partial charge is 0.463 e. The molecule has 1 aromatic carbocycles. The monoisotopic (exact) mass is 425 g/mol. The highest BCUT2D eigenvalue weighted by Gasteiger charge is 2.13. The van der Waals surface area contributed by atoms with Gasteiger partial charge in [-0.15, -0.1) is 0 Å². The first-order valence-corrected chi connectivity index (χ1v) is 9.39. The number of alkyl halides is 1. The zero-order valence-electron chi connectivity index (χ0n) is 16.0. The van der Waals surface area contributed by atoms with Crippen molar-refractivity contribution in [1.29, 1.82) is 0 Å². The summed E-state index contributed by atoms with van der Waals surface area (Å²) in [6.07, 6.45) is 1.66. The minimum Gasteiger partial charge on any atom is -0.463 e. The Bertz CT molecular complexity index is 1170. The van der Waals surface area contributed by atoms with Gasteiger partial charge in [-0.3, -0.25) is 4.98 Å². The molecule has 4 rings (SSSR count). The van der Waals surface area contributed by atoms with Crippen LogP contribution in [0.3, 0.4) is 0 Å². The summed E-state index contributed by atoms with van der Waals surface area (Å²) in [5, 5.41) is 4.47. The van der Waals surface area contributed by atoms with Crippen molar-refractivity contribution in [2.45, 2.75) is 6.61 Å². The zero-order valence-corrected chi connectivity index (χ0v) is 16.7. The Balaban J connectivity index is 1.75. The number of hydrogen-bond donors (Lipinski definition) is 1. The Kier molecular flexibility index (Phi) is 5.97. The lowest BCUT2D eigenvalue weighted by Gasteiger charge is -2.12. The molecule has 7 nitrogen and oxygen atoms in total. The molecule has 0 atom stereocenters. The molecule has 3 heterocycles. The molecule has 0 bridgehead atoms. The molecule has 0 fully saturated rings. The summed E-state index contributed by atoms with van der Waals surface area (Å²) in [6.45, 7) is -0.651. The maximum absolute atomic E-state index is 12.3. The number of pyridine rings is 2. The molecule has 0 aliphatic carbocycles. The highest BCUT2D eigenvalue weighted by molar-refractivity contribution is 6.32. The molecule has 30 heavy (non-hydrogen) atoms. The van der Waals surface area contributed by atoms with Crippen LogP contribution >= 0.6 is 11.6 Å². The average molecular weight is 426 g/mol. The summed E-state index contributed by atoms with van der Waals surface area (Å²) in [7, 11) is 1.57. The van der Waals surface area contributed by atoms with Crippen LogP contribution in [0.2, 0.25) is 5.02 Å². The molecule has 0 aliphatic heterocycles. The average Bonchev–Trinajstić information content (AvgIpc) is 2.75.